The zero-order chi connectivity index (χ0) is 41.2. The Morgan fingerprint density at radius 2 is 1.00 bits per heavy atom. The Hall–Kier alpha value is -4.83. The quantitative estimate of drug-likeness (QED) is 0.0906. The summed E-state index contributed by atoms with van der Waals surface area (Å²) in [5.74, 6) is 1.87. The minimum absolute atomic E-state index is 0. The Kier molecular flexibility index (Phi) is 20.7. The topological polar surface area (TPSA) is 159 Å². The van der Waals surface area contributed by atoms with Gasteiger partial charge in [0.25, 0.3) is 0 Å². The monoisotopic (exact) mass is 869 g/mol. The van der Waals surface area contributed by atoms with E-state index in [1.165, 1.54) is 110 Å². The van der Waals surface area contributed by atoms with Gasteiger partial charge in [0.1, 0.15) is 0 Å². The molecule has 2 aromatic heterocycles. The normalized spacial score (nSPS) is 16.8. The lowest BCUT2D eigenvalue weighted by atomic mass is 10.1. The first-order valence-electron chi connectivity index (χ1n) is 21.2. The molecule has 0 unspecified atom stereocenters. The third kappa shape index (κ3) is 15.9. The third-order valence-electron chi connectivity index (χ3n) is 10.8. The Balaban J connectivity index is 0.000000235. The Morgan fingerprint density at radius 3 is 1.43 bits per heavy atom. The summed E-state index contributed by atoms with van der Waals surface area (Å²) in [6.45, 7) is 4.40. The largest absolute Gasteiger partial charge is 0.494 e. The van der Waals surface area contributed by atoms with Gasteiger partial charge in [0.15, 0.2) is 23.1 Å². The first kappa shape index (κ1) is 48.8. The molecule has 4 heterocycles. The maximum absolute atomic E-state index is 14.1. The molecule has 0 bridgehead atoms. The summed E-state index contributed by atoms with van der Waals surface area (Å²) >= 11 is 6.01. The number of methoxy groups -OCH3 is 2. The molecular weight excluding hydrogens is 802 g/mol. The van der Waals surface area contributed by atoms with Gasteiger partial charge in [0.2, 0.25) is 35.0 Å². The Bertz CT molecular complexity index is 1880. The van der Waals surface area contributed by atoms with E-state index in [1.807, 2.05) is 0 Å². The molecule has 2 aromatic carbocycles. The van der Waals surface area contributed by atoms with Crippen LogP contribution in [0, 0.1) is 11.6 Å². The van der Waals surface area contributed by atoms with Crippen molar-refractivity contribution in [2.45, 2.75) is 130 Å². The molecule has 5 N–H and O–H groups in total. The van der Waals surface area contributed by atoms with Crippen LogP contribution in [0.4, 0.5) is 49.9 Å². The van der Waals surface area contributed by atoms with Crippen LogP contribution in [0.15, 0.2) is 36.4 Å². The van der Waals surface area contributed by atoms with Crippen molar-refractivity contribution in [3.63, 3.8) is 0 Å². The van der Waals surface area contributed by atoms with Crippen molar-refractivity contribution in [3.05, 3.63) is 53.3 Å². The Morgan fingerprint density at radius 1 is 0.574 bits per heavy atom. The maximum Gasteiger partial charge on any atom is 0.233 e. The molecule has 0 amide bonds. The smallest absolute Gasteiger partial charge is 0.233 e. The summed E-state index contributed by atoms with van der Waals surface area (Å²) in [4.78, 5) is 28.6. The van der Waals surface area contributed by atoms with Crippen LogP contribution in [0.5, 0.6) is 11.5 Å². The molecule has 4 aromatic rings. The number of hydrogen-bond donors (Lipinski definition) is 5. The summed E-state index contributed by atoms with van der Waals surface area (Å²) in [7, 11) is 2.87. The van der Waals surface area contributed by atoms with E-state index in [9.17, 15) is 8.78 Å². The number of hydrogen-bond acceptors (Lipinski definition) is 14. The first-order chi connectivity index (χ1) is 28.8. The van der Waals surface area contributed by atoms with E-state index >= 15 is 0 Å². The molecule has 0 radical (unpaired) electrons. The molecule has 4 aliphatic rings. The van der Waals surface area contributed by atoms with Crippen LogP contribution in [0.25, 0.3) is 0 Å². The van der Waals surface area contributed by atoms with Gasteiger partial charge in [-0.15, -0.1) is 0 Å². The number of nitrogens with one attached hydrogen (secondary N) is 5. The number of rotatable bonds is 11. The van der Waals surface area contributed by atoms with Crippen LogP contribution in [0.3, 0.4) is 0 Å². The Labute approximate surface area is 366 Å². The van der Waals surface area contributed by atoms with Gasteiger partial charge >= 0.3 is 0 Å². The van der Waals surface area contributed by atoms with E-state index in [0.29, 0.717) is 47.3 Å². The lowest BCUT2D eigenvalue weighted by Crippen LogP contribution is -2.24. The molecule has 2 aliphatic carbocycles. The average molecular weight is 870 g/mol. The van der Waals surface area contributed by atoms with Crippen LogP contribution < -0.4 is 41.0 Å². The van der Waals surface area contributed by atoms with Gasteiger partial charge in [0, 0.05) is 48.7 Å². The number of anilines is 7. The number of aromatic nitrogens is 6. The zero-order valence-electron chi connectivity index (χ0n) is 34.3. The predicted octanol–water partition coefficient (Wildman–Crippen LogP) is 10.7. The first-order valence-corrected chi connectivity index (χ1v) is 21.6. The van der Waals surface area contributed by atoms with E-state index in [-0.39, 0.29) is 37.6 Å². The molecule has 2 aliphatic heterocycles. The van der Waals surface area contributed by atoms with E-state index in [4.69, 9.17) is 21.1 Å². The number of benzene rings is 2. The van der Waals surface area contributed by atoms with Crippen LogP contribution >= 0.6 is 11.6 Å². The van der Waals surface area contributed by atoms with Crippen LogP contribution in [-0.4, -0.2) is 82.4 Å². The van der Waals surface area contributed by atoms with Gasteiger partial charge < -0.3 is 41.0 Å². The van der Waals surface area contributed by atoms with Crippen LogP contribution in [0.2, 0.25) is 5.28 Å². The molecule has 336 valence electrons. The minimum Gasteiger partial charge on any atom is -0.494 e. The summed E-state index contributed by atoms with van der Waals surface area (Å²) < 4.78 is 37.8. The third-order valence-corrected chi connectivity index (χ3v) is 10.9. The van der Waals surface area contributed by atoms with E-state index < -0.39 is 11.6 Å². The highest BCUT2D eigenvalue weighted by molar-refractivity contribution is 6.28. The molecule has 14 nitrogen and oxygen atoms in total. The maximum atomic E-state index is 14.1. The molecule has 17 heteroatoms. The second-order valence-corrected chi connectivity index (χ2v) is 15.6. The lowest BCUT2D eigenvalue weighted by molar-refractivity contribution is 0.386. The van der Waals surface area contributed by atoms with Gasteiger partial charge in [-0.05, 0) is 100 Å². The van der Waals surface area contributed by atoms with E-state index in [0.717, 1.165) is 51.6 Å². The van der Waals surface area contributed by atoms with Crippen molar-refractivity contribution in [3.8, 4) is 11.5 Å². The second-order valence-electron chi connectivity index (χ2n) is 15.3. The number of halogens is 3. The molecular formula is C44H67ClF2N12O2. The second kappa shape index (κ2) is 25.8. The fraction of sp³-hybridized carbons (Fsp3) is 0.591. The van der Waals surface area contributed by atoms with Gasteiger partial charge in [-0.2, -0.15) is 29.9 Å². The van der Waals surface area contributed by atoms with Crippen molar-refractivity contribution in [2.75, 3.05) is 66.6 Å². The molecule has 4 fully saturated rings. The molecule has 2 saturated heterocycles. The van der Waals surface area contributed by atoms with Gasteiger partial charge in [0.05, 0.1) is 14.2 Å². The number of ether oxygens (including phenoxy) is 2. The SMILES string of the molecule is C.C.C1CCNC1.COc1ccc(Nc2nc(Cl)nc(NC3CCCCCC3)n2)cc1F.COc1ccc(Nc2nc(NC3CCCCCC3)nc(N3CCCC3)n2)cc1F. The van der Waals surface area contributed by atoms with Crippen molar-refractivity contribution >= 4 is 52.7 Å². The molecule has 0 spiro atoms. The fourth-order valence-corrected chi connectivity index (χ4v) is 7.76. The molecule has 61 heavy (non-hydrogen) atoms. The van der Waals surface area contributed by atoms with Crippen molar-refractivity contribution < 1.29 is 18.3 Å². The standard InChI is InChI=1S/C21H29FN6O.C17H21ClFN5O.C4H9N.2CH4/c1-29-18-11-10-16(14-17(18)22)24-20-25-19(23-15-8-4-2-3-5-9-15)26-21(27-20)28-12-6-7-13-28;1-25-14-9-8-12(10-13(14)19)21-17-23-15(18)22-16(24-17)20-11-6-4-2-3-5-7-11;1-2-4-5-3-1;;/h10-11,14-15H,2-9,12-13H2,1H3,(H2,23,24,25,26,27);8-11H,2-7H2,1H3,(H2,20,21,22,23,24);5H,1-4H2;2*1H4. The van der Waals surface area contributed by atoms with E-state index in [1.54, 1.807) is 18.2 Å². The predicted molar refractivity (Wildman–Crippen MR) is 244 cm³/mol. The van der Waals surface area contributed by atoms with Gasteiger partial charge in [-0.3, -0.25) is 0 Å². The van der Waals surface area contributed by atoms with Crippen LogP contribution in [-0.2, 0) is 0 Å². The summed E-state index contributed by atoms with van der Waals surface area (Å²) in [6, 6.07) is 9.98. The van der Waals surface area contributed by atoms with Gasteiger partial charge in [-0.25, -0.2) is 8.78 Å². The zero-order valence-corrected chi connectivity index (χ0v) is 35.1. The summed E-state index contributed by atoms with van der Waals surface area (Å²) in [6.07, 6.45) is 19.5. The number of nitrogens with zero attached hydrogens (tertiary/aromatic N) is 7. The fourth-order valence-electron chi connectivity index (χ4n) is 7.60. The highest BCUT2D eigenvalue weighted by atomic mass is 35.5. The molecule has 0 atom stereocenters. The average Bonchev–Trinajstić information content (AvgIpc) is 3.89. The van der Waals surface area contributed by atoms with Crippen LogP contribution in [0.1, 0.15) is 118 Å². The highest BCUT2D eigenvalue weighted by Gasteiger charge is 2.20. The lowest BCUT2D eigenvalue weighted by Gasteiger charge is -2.20. The van der Waals surface area contributed by atoms with Crippen molar-refractivity contribution in [1.82, 2.24) is 35.2 Å². The van der Waals surface area contributed by atoms with Gasteiger partial charge in [-0.1, -0.05) is 66.2 Å². The summed E-state index contributed by atoms with van der Waals surface area (Å²) in [5.41, 5.74) is 1.07. The van der Waals surface area contributed by atoms with Crippen molar-refractivity contribution in [1.29, 1.82) is 0 Å². The van der Waals surface area contributed by atoms with Crippen molar-refractivity contribution in [2.24, 2.45) is 0 Å². The minimum atomic E-state index is -0.468. The highest BCUT2D eigenvalue weighted by Crippen LogP contribution is 2.27. The van der Waals surface area contributed by atoms with E-state index in [2.05, 4.69) is 61.4 Å². The summed E-state index contributed by atoms with van der Waals surface area (Å²) in [5, 5.41) is 16.2. The molecule has 2 saturated carbocycles. The molecule has 8 rings (SSSR count).